The molecule has 1 aromatic carbocycles. The van der Waals surface area contributed by atoms with E-state index in [0.717, 1.165) is 36.3 Å². The summed E-state index contributed by atoms with van der Waals surface area (Å²) < 4.78 is 26.3. The second-order valence-electron chi connectivity index (χ2n) is 5.47. The lowest BCUT2D eigenvalue weighted by Crippen LogP contribution is -3.18. The van der Waals surface area contributed by atoms with E-state index in [4.69, 9.17) is 0 Å². The average Bonchev–Trinajstić information content (AvgIpc) is 2.48. The summed E-state index contributed by atoms with van der Waals surface area (Å²) in [5, 5.41) is 13.5. The van der Waals surface area contributed by atoms with Crippen LogP contribution < -0.4 is 15.3 Å². The summed E-state index contributed by atoms with van der Waals surface area (Å²) >= 11 is 0. The quantitative estimate of drug-likeness (QED) is 0.768. The number of carboxylic acid groups (broad SMARTS) is 1. The van der Waals surface area contributed by atoms with Gasteiger partial charge in [-0.25, -0.2) is 8.78 Å². The molecule has 1 amide bonds. The highest BCUT2D eigenvalue weighted by Gasteiger charge is 2.28. The van der Waals surface area contributed by atoms with Crippen LogP contribution in [0.1, 0.15) is 25.7 Å². The number of carbonyl (C=O) groups is 2. The molecule has 1 heterocycles. The van der Waals surface area contributed by atoms with Crippen LogP contribution in [0.2, 0.25) is 0 Å². The van der Waals surface area contributed by atoms with Gasteiger partial charge in [-0.3, -0.25) is 4.79 Å². The lowest BCUT2D eigenvalue weighted by Gasteiger charge is -2.31. The van der Waals surface area contributed by atoms with Crippen molar-refractivity contribution in [2.75, 3.05) is 18.4 Å². The van der Waals surface area contributed by atoms with Gasteiger partial charge in [-0.05, 0) is 31.4 Å². The lowest BCUT2D eigenvalue weighted by atomic mass is 10.1. The first-order chi connectivity index (χ1) is 10.5. The van der Waals surface area contributed by atoms with Gasteiger partial charge in [-0.15, -0.1) is 0 Å². The second kappa shape index (κ2) is 7.31. The van der Waals surface area contributed by atoms with Crippen molar-refractivity contribution < 1.29 is 28.4 Å². The van der Waals surface area contributed by atoms with Gasteiger partial charge in [0.1, 0.15) is 17.7 Å². The Morgan fingerprint density at radius 1 is 1.23 bits per heavy atom. The number of hydrogen-bond acceptors (Lipinski definition) is 3. The van der Waals surface area contributed by atoms with Crippen LogP contribution in [0.15, 0.2) is 18.2 Å². The topological polar surface area (TPSA) is 73.7 Å². The molecular weight excluding hydrogens is 294 g/mol. The van der Waals surface area contributed by atoms with E-state index in [2.05, 4.69) is 5.32 Å². The molecule has 1 saturated heterocycles. The van der Waals surface area contributed by atoms with Crippen molar-refractivity contribution in [3.63, 3.8) is 0 Å². The zero-order valence-corrected chi connectivity index (χ0v) is 12.0. The van der Waals surface area contributed by atoms with Gasteiger partial charge in [0.15, 0.2) is 0 Å². The normalized spacial score (nSPS) is 17.0. The zero-order valence-electron chi connectivity index (χ0n) is 12.0. The molecule has 0 bridgehead atoms. The number of aliphatic carboxylic acids is 1. The van der Waals surface area contributed by atoms with E-state index >= 15 is 0 Å². The zero-order chi connectivity index (χ0) is 16.1. The summed E-state index contributed by atoms with van der Waals surface area (Å²) in [4.78, 5) is 24.0. The number of nitrogens with one attached hydrogen (secondary N) is 2. The highest BCUT2D eigenvalue weighted by Crippen LogP contribution is 2.15. The van der Waals surface area contributed by atoms with Gasteiger partial charge in [0, 0.05) is 6.07 Å². The summed E-state index contributed by atoms with van der Waals surface area (Å²) in [5.41, 5.74) is -0.169. The van der Waals surface area contributed by atoms with E-state index in [-0.39, 0.29) is 12.1 Å². The first kappa shape index (κ1) is 16.4. The van der Waals surface area contributed by atoms with Gasteiger partial charge >= 0.3 is 0 Å². The number of carboxylic acids is 1. The largest absolute Gasteiger partial charge is 0.544 e. The number of halogens is 2. The van der Waals surface area contributed by atoms with E-state index in [0.29, 0.717) is 19.2 Å². The molecule has 22 heavy (non-hydrogen) atoms. The molecule has 0 aromatic heterocycles. The molecule has 1 fully saturated rings. The Hall–Kier alpha value is -2.02. The maximum Gasteiger partial charge on any atom is 0.230 e. The van der Waals surface area contributed by atoms with Crippen molar-refractivity contribution in [2.24, 2.45) is 0 Å². The van der Waals surface area contributed by atoms with Gasteiger partial charge in [0.05, 0.1) is 31.2 Å². The van der Waals surface area contributed by atoms with Crippen LogP contribution in [0.4, 0.5) is 14.5 Å². The minimum absolute atomic E-state index is 0.169. The van der Waals surface area contributed by atoms with Gasteiger partial charge in [0.2, 0.25) is 5.91 Å². The van der Waals surface area contributed by atoms with Crippen LogP contribution in [0.5, 0.6) is 0 Å². The SMILES string of the molecule is O=C(C[C@@H](C(=O)[O-])[NH+]1CCCCC1)Nc1ccc(F)cc1F. The first-order valence-corrected chi connectivity index (χ1v) is 7.27. The molecule has 1 aromatic rings. The number of carbonyl (C=O) groups excluding carboxylic acids is 2. The maximum absolute atomic E-state index is 13.5. The molecule has 1 aliphatic heterocycles. The number of likely N-dealkylation sites (tertiary alicyclic amines) is 1. The fraction of sp³-hybridized carbons (Fsp3) is 0.467. The lowest BCUT2D eigenvalue weighted by molar-refractivity contribution is -0.922. The first-order valence-electron chi connectivity index (χ1n) is 7.27. The van der Waals surface area contributed by atoms with Crippen molar-refractivity contribution in [2.45, 2.75) is 31.7 Å². The molecule has 1 aliphatic rings. The van der Waals surface area contributed by atoms with E-state index in [1.165, 1.54) is 0 Å². The van der Waals surface area contributed by atoms with Crippen LogP contribution in [0.25, 0.3) is 0 Å². The number of anilines is 1. The van der Waals surface area contributed by atoms with Crippen LogP contribution in [0, 0.1) is 11.6 Å². The summed E-state index contributed by atoms with van der Waals surface area (Å²) in [6, 6.07) is 1.82. The van der Waals surface area contributed by atoms with E-state index in [9.17, 15) is 23.5 Å². The molecule has 0 saturated carbocycles. The van der Waals surface area contributed by atoms with Crippen molar-refractivity contribution in [3.05, 3.63) is 29.8 Å². The molecule has 2 rings (SSSR count). The molecule has 120 valence electrons. The highest BCUT2D eigenvalue weighted by atomic mass is 19.1. The van der Waals surface area contributed by atoms with Crippen LogP contribution in [-0.2, 0) is 9.59 Å². The molecule has 7 heteroatoms. The number of quaternary nitrogens is 1. The van der Waals surface area contributed by atoms with Gasteiger partial charge in [-0.1, -0.05) is 0 Å². The molecule has 0 unspecified atom stereocenters. The maximum atomic E-state index is 13.5. The predicted molar refractivity (Wildman–Crippen MR) is 72.9 cm³/mol. The van der Waals surface area contributed by atoms with E-state index in [1.807, 2.05) is 0 Å². The highest BCUT2D eigenvalue weighted by molar-refractivity contribution is 5.93. The molecular formula is C15H18F2N2O3. The van der Waals surface area contributed by atoms with E-state index < -0.39 is 29.6 Å². The van der Waals surface area contributed by atoms with Gasteiger partial charge in [0.25, 0.3) is 0 Å². The number of amides is 1. The molecule has 0 radical (unpaired) electrons. The van der Waals surface area contributed by atoms with Crippen molar-refractivity contribution in [3.8, 4) is 0 Å². The summed E-state index contributed by atoms with van der Waals surface area (Å²) in [6.45, 7) is 1.35. The molecule has 0 aliphatic carbocycles. The predicted octanol–water partition coefficient (Wildman–Crippen LogP) is -0.519. The fourth-order valence-electron chi connectivity index (χ4n) is 2.73. The second-order valence-corrected chi connectivity index (χ2v) is 5.47. The third kappa shape index (κ3) is 4.24. The minimum atomic E-state index is -1.29. The number of benzene rings is 1. The smallest absolute Gasteiger partial charge is 0.230 e. The Balaban J connectivity index is 2.00. The Bertz CT molecular complexity index is 560. The third-order valence-electron chi connectivity index (χ3n) is 3.87. The van der Waals surface area contributed by atoms with Crippen LogP contribution in [-0.4, -0.2) is 31.0 Å². The molecule has 5 nitrogen and oxygen atoms in total. The van der Waals surface area contributed by atoms with Gasteiger partial charge in [-0.2, -0.15) is 0 Å². The number of hydrogen-bond donors (Lipinski definition) is 2. The van der Waals surface area contributed by atoms with E-state index in [1.54, 1.807) is 0 Å². The molecule has 1 atom stereocenters. The Labute approximate surface area is 126 Å². The summed E-state index contributed by atoms with van der Waals surface area (Å²) in [7, 11) is 0. The monoisotopic (exact) mass is 312 g/mol. The minimum Gasteiger partial charge on any atom is -0.544 e. The molecule has 2 N–H and O–H groups in total. The average molecular weight is 312 g/mol. The Kier molecular flexibility index (Phi) is 5.43. The van der Waals surface area contributed by atoms with Crippen LogP contribution in [0.3, 0.4) is 0 Å². The summed E-state index contributed by atoms with van der Waals surface area (Å²) in [5.74, 6) is -3.56. The van der Waals surface area contributed by atoms with Crippen molar-refractivity contribution >= 4 is 17.6 Å². The number of rotatable bonds is 5. The van der Waals surface area contributed by atoms with Gasteiger partial charge < -0.3 is 20.1 Å². The standard InChI is InChI=1S/C15H18F2N2O3/c16-10-4-5-12(11(17)8-10)18-14(20)9-13(15(21)22)19-6-2-1-3-7-19/h4-5,8,13H,1-3,6-7,9H2,(H,18,20)(H,21,22)/t13-/m0/s1. The number of piperidine rings is 1. The Morgan fingerprint density at radius 3 is 2.50 bits per heavy atom. The third-order valence-corrected chi connectivity index (χ3v) is 3.87. The van der Waals surface area contributed by atoms with Crippen molar-refractivity contribution in [1.82, 2.24) is 0 Å². The van der Waals surface area contributed by atoms with Crippen molar-refractivity contribution in [1.29, 1.82) is 0 Å². The Morgan fingerprint density at radius 2 is 1.91 bits per heavy atom. The van der Waals surface area contributed by atoms with Crippen LogP contribution >= 0.6 is 0 Å². The fourth-order valence-corrected chi connectivity index (χ4v) is 2.73. The summed E-state index contributed by atoms with van der Waals surface area (Å²) in [6.07, 6.45) is 2.57. The molecule has 0 spiro atoms.